The molecule has 0 radical (unpaired) electrons. The lowest BCUT2D eigenvalue weighted by Crippen LogP contribution is -2.39. The minimum Gasteiger partial charge on any atom is -0.341 e. The molecular weight excluding hydrogens is 190 g/mol. The molecule has 0 saturated carbocycles. The summed E-state index contributed by atoms with van der Waals surface area (Å²) in [6, 6.07) is 0. The molecular formula is C11H21N3O. The van der Waals surface area contributed by atoms with Gasteiger partial charge in [0.15, 0.2) is 0 Å². The van der Waals surface area contributed by atoms with Crippen LogP contribution in [0.4, 0.5) is 0 Å². The normalized spacial score (nSPS) is 29.1. The molecule has 4 nitrogen and oxygen atoms in total. The lowest BCUT2D eigenvalue weighted by molar-refractivity contribution is -0.134. The average molecular weight is 211 g/mol. The van der Waals surface area contributed by atoms with E-state index in [0.29, 0.717) is 5.91 Å². The first kappa shape index (κ1) is 10.9. The summed E-state index contributed by atoms with van der Waals surface area (Å²) in [5.41, 5.74) is 0. The van der Waals surface area contributed by atoms with Crippen molar-refractivity contribution in [2.45, 2.75) is 12.8 Å². The van der Waals surface area contributed by atoms with Crippen LogP contribution in [-0.2, 0) is 4.79 Å². The van der Waals surface area contributed by atoms with Crippen LogP contribution in [0.2, 0.25) is 0 Å². The van der Waals surface area contributed by atoms with Gasteiger partial charge in [-0.1, -0.05) is 0 Å². The standard InChI is InChI=1S/C11H21N3O/c1-13-5-2-6-14(8-7-13)11(15)10-3-4-12-9-10/h10,12H,2-9H2,1H3/t10-/m0/s1. The molecule has 0 bridgehead atoms. The van der Waals surface area contributed by atoms with Gasteiger partial charge in [0.25, 0.3) is 0 Å². The van der Waals surface area contributed by atoms with Gasteiger partial charge in [0.1, 0.15) is 0 Å². The zero-order chi connectivity index (χ0) is 10.7. The fraction of sp³-hybridized carbons (Fsp3) is 0.909. The summed E-state index contributed by atoms with van der Waals surface area (Å²) in [6.45, 7) is 5.87. The zero-order valence-electron chi connectivity index (χ0n) is 9.54. The van der Waals surface area contributed by atoms with Gasteiger partial charge in [0.2, 0.25) is 5.91 Å². The van der Waals surface area contributed by atoms with Crippen LogP contribution in [0.15, 0.2) is 0 Å². The molecule has 0 aliphatic carbocycles. The van der Waals surface area contributed by atoms with Crippen LogP contribution in [-0.4, -0.2) is 62.0 Å². The summed E-state index contributed by atoms with van der Waals surface area (Å²) in [6.07, 6.45) is 2.13. The Morgan fingerprint density at radius 3 is 2.87 bits per heavy atom. The van der Waals surface area contributed by atoms with E-state index in [1.165, 1.54) is 0 Å². The second kappa shape index (κ2) is 4.94. The molecule has 0 spiro atoms. The van der Waals surface area contributed by atoms with Crippen LogP contribution in [0, 0.1) is 5.92 Å². The largest absolute Gasteiger partial charge is 0.341 e. The summed E-state index contributed by atoms with van der Waals surface area (Å²) >= 11 is 0. The van der Waals surface area contributed by atoms with Gasteiger partial charge in [0.05, 0.1) is 5.92 Å². The van der Waals surface area contributed by atoms with Gasteiger partial charge in [0, 0.05) is 26.2 Å². The number of nitrogens with zero attached hydrogens (tertiary/aromatic N) is 2. The number of carbonyl (C=O) groups is 1. The van der Waals surface area contributed by atoms with Crippen LogP contribution < -0.4 is 5.32 Å². The Hall–Kier alpha value is -0.610. The van der Waals surface area contributed by atoms with E-state index < -0.39 is 0 Å². The molecule has 0 aromatic carbocycles. The summed E-state index contributed by atoms with van der Waals surface area (Å²) in [5.74, 6) is 0.615. The van der Waals surface area contributed by atoms with Crippen LogP contribution in [0.3, 0.4) is 0 Å². The second-order valence-corrected chi connectivity index (χ2v) is 4.67. The Morgan fingerprint density at radius 1 is 1.27 bits per heavy atom. The van der Waals surface area contributed by atoms with Crippen LogP contribution in [0.1, 0.15) is 12.8 Å². The van der Waals surface area contributed by atoms with E-state index in [2.05, 4.69) is 22.2 Å². The summed E-state index contributed by atoms with van der Waals surface area (Å²) in [4.78, 5) is 16.5. The zero-order valence-corrected chi connectivity index (χ0v) is 9.54. The maximum absolute atomic E-state index is 12.1. The summed E-state index contributed by atoms with van der Waals surface area (Å²) in [5, 5.41) is 3.26. The smallest absolute Gasteiger partial charge is 0.227 e. The van der Waals surface area contributed by atoms with Crippen molar-refractivity contribution in [3.8, 4) is 0 Å². The third kappa shape index (κ3) is 2.69. The Labute approximate surface area is 91.6 Å². The molecule has 15 heavy (non-hydrogen) atoms. The molecule has 2 heterocycles. The van der Waals surface area contributed by atoms with E-state index in [-0.39, 0.29) is 5.92 Å². The lowest BCUT2D eigenvalue weighted by Gasteiger charge is -2.23. The number of likely N-dealkylation sites (N-methyl/N-ethyl adjacent to an activating group) is 1. The topological polar surface area (TPSA) is 35.6 Å². The van der Waals surface area contributed by atoms with Crippen molar-refractivity contribution >= 4 is 5.91 Å². The molecule has 0 aromatic heterocycles. The third-order valence-corrected chi connectivity index (χ3v) is 3.44. The van der Waals surface area contributed by atoms with Gasteiger partial charge in [-0.3, -0.25) is 4.79 Å². The number of amides is 1. The van der Waals surface area contributed by atoms with Gasteiger partial charge >= 0.3 is 0 Å². The van der Waals surface area contributed by atoms with Crippen LogP contribution in [0.5, 0.6) is 0 Å². The van der Waals surface area contributed by atoms with Crippen LogP contribution in [0.25, 0.3) is 0 Å². The van der Waals surface area contributed by atoms with Crippen LogP contribution >= 0.6 is 0 Å². The average Bonchev–Trinajstić information content (AvgIpc) is 2.67. The van der Waals surface area contributed by atoms with Gasteiger partial charge in [-0.15, -0.1) is 0 Å². The highest BCUT2D eigenvalue weighted by Crippen LogP contribution is 2.13. The first-order valence-electron chi connectivity index (χ1n) is 5.95. The number of nitrogens with one attached hydrogen (secondary N) is 1. The fourth-order valence-electron chi connectivity index (χ4n) is 2.39. The van der Waals surface area contributed by atoms with Gasteiger partial charge < -0.3 is 15.1 Å². The van der Waals surface area contributed by atoms with Gasteiger partial charge in [-0.25, -0.2) is 0 Å². The SMILES string of the molecule is CN1CCCN(C(=O)[C@H]2CCNC2)CC1. The maximum Gasteiger partial charge on any atom is 0.227 e. The molecule has 2 rings (SSSR count). The van der Waals surface area contributed by atoms with E-state index >= 15 is 0 Å². The second-order valence-electron chi connectivity index (χ2n) is 4.67. The molecule has 86 valence electrons. The molecule has 1 atom stereocenters. The Balaban J connectivity index is 1.88. The van der Waals surface area contributed by atoms with Crippen molar-refractivity contribution in [2.75, 3.05) is 46.3 Å². The van der Waals surface area contributed by atoms with E-state index in [1.54, 1.807) is 0 Å². The Morgan fingerprint density at radius 2 is 2.13 bits per heavy atom. The molecule has 2 saturated heterocycles. The van der Waals surface area contributed by atoms with Crippen molar-refractivity contribution < 1.29 is 4.79 Å². The van der Waals surface area contributed by atoms with E-state index in [1.807, 2.05) is 0 Å². The molecule has 1 amide bonds. The van der Waals surface area contributed by atoms with E-state index in [9.17, 15) is 4.79 Å². The fourth-order valence-corrected chi connectivity index (χ4v) is 2.39. The number of rotatable bonds is 1. The van der Waals surface area contributed by atoms with Crippen molar-refractivity contribution in [2.24, 2.45) is 5.92 Å². The number of hydrogen-bond acceptors (Lipinski definition) is 3. The highest BCUT2D eigenvalue weighted by molar-refractivity contribution is 5.79. The highest BCUT2D eigenvalue weighted by Gasteiger charge is 2.27. The number of hydrogen-bond donors (Lipinski definition) is 1. The molecule has 0 aromatic rings. The Bertz CT molecular complexity index is 226. The Kier molecular flexibility index (Phi) is 3.59. The number of carbonyl (C=O) groups excluding carboxylic acids is 1. The monoisotopic (exact) mass is 211 g/mol. The molecule has 2 fully saturated rings. The lowest BCUT2D eigenvalue weighted by atomic mass is 10.1. The molecule has 1 N–H and O–H groups in total. The molecule has 2 aliphatic heterocycles. The predicted octanol–water partition coefficient (Wildman–Crippen LogP) is -0.240. The first-order chi connectivity index (χ1) is 7.27. The van der Waals surface area contributed by atoms with E-state index in [4.69, 9.17) is 0 Å². The third-order valence-electron chi connectivity index (χ3n) is 3.44. The van der Waals surface area contributed by atoms with Crippen molar-refractivity contribution in [1.82, 2.24) is 15.1 Å². The van der Waals surface area contributed by atoms with Gasteiger partial charge in [-0.05, 0) is 33.0 Å². The molecule has 0 unspecified atom stereocenters. The minimum absolute atomic E-state index is 0.244. The van der Waals surface area contributed by atoms with Gasteiger partial charge in [-0.2, -0.15) is 0 Å². The van der Waals surface area contributed by atoms with Crippen molar-refractivity contribution in [3.63, 3.8) is 0 Å². The summed E-state index contributed by atoms with van der Waals surface area (Å²) < 4.78 is 0. The van der Waals surface area contributed by atoms with E-state index in [0.717, 1.165) is 52.1 Å². The quantitative estimate of drug-likeness (QED) is 0.650. The van der Waals surface area contributed by atoms with Crippen molar-refractivity contribution in [1.29, 1.82) is 0 Å². The predicted molar refractivity (Wildman–Crippen MR) is 59.7 cm³/mol. The molecule has 4 heteroatoms. The van der Waals surface area contributed by atoms with Crippen molar-refractivity contribution in [3.05, 3.63) is 0 Å². The first-order valence-corrected chi connectivity index (χ1v) is 5.95. The minimum atomic E-state index is 0.244. The summed E-state index contributed by atoms with van der Waals surface area (Å²) in [7, 11) is 2.13. The highest BCUT2D eigenvalue weighted by atomic mass is 16.2. The molecule has 2 aliphatic rings. The maximum atomic E-state index is 12.1.